The Morgan fingerprint density at radius 3 is 2.50 bits per heavy atom. The van der Waals surface area contributed by atoms with Gasteiger partial charge in [0.25, 0.3) is 5.78 Å². The van der Waals surface area contributed by atoms with Crippen molar-refractivity contribution < 1.29 is 24.2 Å². The average Bonchev–Trinajstić information content (AvgIpc) is 3.61. The number of rotatable bonds is 6. The number of anilines is 1. The summed E-state index contributed by atoms with van der Waals surface area (Å²) in [7, 11) is 3.01. The molecule has 1 N–H and O–H groups in total. The molecule has 0 bridgehead atoms. The molecule has 1 fully saturated rings. The van der Waals surface area contributed by atoms with Crippen LogP contribution in [0.1, 0.15) is 41.8 Å². The second kappa shape index (κ2) is 9.40. The van der Waals surface area contributed by atoms with Gasteiger partial charge < -0.3 is 14.6 Å². The number of ether oxygens (including phenoxy) is 2. The topological polar surface area (TPSA) is 89.0 Å². The molecule has 36 heavy (non-hydrogen) atoms. The van der Waals surface area contributed by atoms with Gasteiger partial charge in [-0.25, -0.2) is 4.98 Å². The predicted octanol–water partition coefficient (Wildman–Crippen LogP) is 6.12. The van der Waals surface area contributed by atoms with Crippen molar-refractivity contribution in [2.24, 2.45) is 0 Å². The summed E-state index contributed by atoms with van der Waals surface area (Å²) in [5.41, 5.74) is 2.28. The number of nitrogens with zero attached hydrogens (tertiary/aromatic N) is 2. The number of amides is 1. The van der Waals surface area contributed by atoms with E-state index in [1.54, 1.807) is 18.2 Å². The zero-order valence-electron chi connectivity index (χ0n) is 20.1. The van der Waals surface area contributed by atoms with Crippen molar-refractivity contribution in [3.63, 3.8) is 0 Å². The van der Waals surface area contributed by atoms with Crippen LogP contribution in [0.5, 0.6) is 11.5 Å². The van der Waals surface area contributed by atoms with Gasteiger partial charge in [0.2, 0.25) is 0 Å². The highest BCUT2D eigenvalue weighted by molar-refractivity contribution is 7.22. The SMILES string of the molecule is COc1ccc(/C(O)=C2\C(=O)C(=O)N(c3nc4ccc(C(C)C)cc4s3)C2c2cccs2)cc1OC. The maximum Gasteiger partial charge on any atom is 0.301 e. The molecule has 2 aromatic carbocycles. The van der Waals surface area contributed by atoms with Crippen molar-refractivity contribution >= 4 is 55.5 Å². The molecule has 5 rings (SSSR count). The summed E-state index contributed by atoms with van der Waals surface area (Å²) in [6, 6.07) is 13.8. The van der Waals surface area contributed by atoms with E-state index in [2.05, 4.69) is 19.9 Å². The van der Waals surface area contributed by atoms with Gasteiger partial charge in [-0.2, -0.15) is 0 Å². The van der Waals surface area contributed by atoms with E-state index < -0.39 is 17.7 Å². The van der Waals surface area contributed by atoms with Gasteiger partial charge in [0.15, 0.2) is 16.6 Å². The molecule has 0 saturated carbocycles. The van der Waals surface area contributed by atoms with E-state index in [0.717, 1.165) is 15.1 Å². The standard InChI is InChI=1S/C27H24N2O5S2/c1-14(2)15-7-9-17-21(13-15)36-27(28-17)29-23(20-6-5-11-35-20)22(25(31)26(29)32)24(30)16-8-10-18(33-3)19(12-16)34-4/h5-14,23,30H,1-4H3/b24-22+. The van der Waals surface area contributed by atoms with Crippen LogP contribution >= 0.6 is 22.7 Å². The summed E-state index contributed by atoms with van der Waals surface area (Å²) in [5.74, 6) is -0.531. The first-order valence-corrected chi connectivity index (χ1v) is 13.0. The Hall–Kier alpha value is -3.69. The minimum absolute atomic E-state index is 0.0109. The zero-order chi connectivity index (χ0) is 25.6. The molecule has 0 aliphatic carbocycles. The first kappa shape index (κ1) is 24.0. The van der Waals surface area contributed by atoms with Crippen LogP contribution in [0, 0.1) is 0 Å². The van der Waals surface area contributed by atoms with Crippen LogP contribution in [0.4, 0.5) is 5.13 Å². The Morgan fingerprint density at radius 2 is 1.83 bits per heavy atom. The zero-order valence-corrected chi connectivity index (χ0v) is 21.8. The number of benzene rings is 2. The number of hydrogen-bond acceptors (Lipinski definition) is 8. The lowest BCUT2D eigenvalue weighted by atomic mass is 9.99. The fraction of sp³-hybridized carbons (Fsp3) is 0.222. The van der Waals surface area contributed by atoms with E-state index in [1.807, 2.05) is 29.6 Å². The van der Waals surface area contributed by atoms with Gasteiger partial charge in [0.1, 0.15) is 11.8 Å². The maximum atomic E-state index is 13.4. The highest BCUT2D eigenvalue weighted by Gasteiger charge is 2.48. The number of carbonyl (C=O) groups is 2. The number of carbonyl (C=O) groups excluding carboxylic acids is 2. The number of fused-ring (bicyclic) bond motifs is 1. The number of aliphatic hydroxyl groups excluding tert-OH is 1. The molecule has 9 heteroatoms. The second-order valence-corrected chi connectivity index (χ2v) is 10.6. The van der Waals surface area contributed by atoms with Crippen molar-refractivity contribution in [3.05, 3.63) is 75.5 Å². The number of Topliss-reactive ketones (excluding diaryl/α,β-unsaturated/α-hetero) is 1. The number of aliphatic hydroxyl groups is 1. The molecule has 1 aliphatic heterocycles. The van der Waals surface area contributed by atoms with Crippen molar-refractivity contribution in [3.8, 4) is 11.5 Å². The van der Waals surface area contributed by atoms with Crippen LogP contribution < -0.4 is 14.4 Å². The smallest absolute Gasteiger partial charge is 0.301 e. The summed E-state index contributed by atoms with van der Waals surface area (Å²) in [5, 5.41) is 13.6. The Morgan fingerprint density at radius 1 is 1.06 bits per heavy atom. The van der Waals surface area contributed by atoms with Crippen LogP contribution in [-0.2, 0) is 9.59 Å². The molecule has 1 aliphatic rings. The number of methoxy groups -OCH3 is 2. The molecule has 1 unspecified atom stereocenters. The lowest BCUT2D eigenvalue weighted by Gasteiger charge is -2.21. The number of thiophene rings is 1. The molecule has 184 valence electrons. The number of aromatic nitrogens is 1. The average molecular weight is 521 g/mol. The minimum Gasteiger partial charge on any atom is -0.507 e. The summed E-state index contributed by atoms with van der Waals surface area (Å²) in [6.45, 7) is 4.24. The Labute approximate surface area is 216 Å². The van der Waals surface area contributed by atoms with Gasteiger partial charge >= 0.3 is 5.91 Å². The fourth-order valence-corrected chi connectivity index (χ4v) is 6.14. The largest absolute Gasteiger partial charge is 0.507 e. The van der Waals surface area contributed by atoms with Crippen LogP contribution in [0.15, 0.2) is 59.5 Å². The van der Waals surface area contributed by atoms with Crippen molar-refractivity contribution in [1.82, 2.24) is 4.98 Å². The van der Waals surface area contributed by atoms with Gasteiger partial charge in [-0.1, -0.05) is 37.3 Å². The Balaban J connectivity index is 1.67. The van der Waals surface area contributed by atoms with E-state index >= 15 is 0 Å². The molecule has 1 amide bonds. The van der Waals surface area contributed by atoms with Gasteiger partial charge in [-0.05, 0) is 53.3 Å². The lowest BCUT2D eigenvalue weighted by molar-refractivity contribution is -0.132. The van der Waals surface area contributed by atoms with E-state index in [4.69, 9.17) is 14.5 Å². The van der Waals surface area contributed by atoms with E-state index in [9.17, 15) is 14.7 Å². The van der Waals surface area contributed by atoms with E-state index in [-0.39, 0.29) is 11.3 Å². The monoisotopic (exact) mass is 520 g/mol. The minimum atomic E-state index is -0.803. The van der Waals surface area contributed by atoms with Crippen molar-refractivity contribution in [2.45, 2.75) is 25.8 Å². The predicted molar refractivity (Wildman–Crippen MR) is 142 cm³/mol. The third-order valence-electron chi connectivity index (χ3n) is 6.19. The first-order chi connectivity index (χ1) is 17.3. The van der Waals surface area contributed by atoms with Crippen LogP contribution in [0.3, 0.4) is 0 Å². The summed E-state index contributed by atoms with van der Waals surface area (Å²) < 4.78 is 11.6. The van der Waals surface area contributed by atoms with Crippen molar-refractivity contribution in [2.75, 3.05) is 19.1 Å². The molecule has 2 aromatic heterocycles. The molecular formula is C27H24N2O5S2. The Bertz CT molecular complexity index is 1500. The van der Waals surface area contributed by atoms with Gasteiger partial charge in [-0.15, -0.1) is 11.3 Å². The molecule has 4 aromatic rings. The lowest BCUT2D eigenvalue weighted by Crippen LogP contribution is -2.28. The second-order valence-electron chi connectivity index (χ2n) is 8.63. The third-order valence-corrected chi connectivity index (χ3v) is 8.13. The number of hydrogen-bond donors (Lipinski definition) is 1. The van der Waals surface area contributed by atoms with E-state index in [1.165, 1.54) is 47.4 Å². The number of thiazole rings is 1. The van der Waals surface area contributed by atoms with Crippen LogP contribution in [0.25, 0.3) is 16.0 Å². The molecule has 1 atom stereocenters. The quantitative estimate of drug-likeness (QED) is 0.187. The highest BCUT2D eigenvalue weighted by Crippen LogP contribution is 2.46. The number of ketones is 1. The van der Waals surface area contributed by atoms with Gasteiger partial charge in [0.05, 0.1) is 30.0 Å². The molecular weight excluding hydrogens is 496 g/mol. The molecule has 0 spiro atoms. The molecule has 7 nitrogen and oxygen atoms in total. The fourth-order valence-electron chi connectivity index (χ4n) is 4.28. The first-order valence-electron chi connectivity index (χ1n) is 11.3. The summed E-state index contributed by atoms with van der Waals surface area (Å²) in [6.07, 6.45) is 0. The molecule has 0 radical (unpaired) electrons. The molecule has 3 heterocycles. The highest BCUT2D eigenvalue weighted by atomic mass is 32.1. The molecule has 1 saturated heterocycles. The van der Waals surface area contributed by atoms with Crippen LogP contribution in [-0.4, -0.2) is 36.0 Å². The van der Waals surface area contributed by atoms with Crippen molar-refractivity contribution in [1.29, 1.82) is 0 Å². The third kappa shape index (κ3) is 3.94. The van der Waals surface area contributed by atoms with E-state index in [0.29, 0.717) is 28.1 Å². The van der Waals surface area contributed by atoms with Gasteiger partial charge in [0, 0.05) is 10.4 Å². The summed E-state index contributed by atoms with van der Waals surface area (Å²) >= 11 is 2.77. The normalized spacial score (nSPS) is 17.4. The Kier molecular flexibility index (Phi) is 6.27. The van der Waals surface area contributed by atoms with Crippen LogP contribution in [0.2, 0.25) is 0 Å². The van der Waals surface area contributed by atoms with Gasteiger partial charge in [-0.3, -0.25) is 14.5 Å². The summed E-state index contributed by atoms with van der Waals surface area (Å²) in [4.78, 5) is 33.6. The maximum absolute atomic E-state index is 13.4.